The Bertz CT molecular complexity index is 1080. The van der Waals surface area contributed by atoms with Crippen molar-refractivity contribution in [2.75, 3.05) is 7.05 Å². The summed E-state index contributed by atoms with van der Waals surface area (Å²) >= 11 is 0. The molecule has 2 N–H and O–H groups in total. The van der Waals surface area contributed by atoms with Gasteiger partial charge in [0.15, 0.2) is 0 Å². The normalized spacial score (nSPS) is 15.5. The average Bonchev–Trinajstić information content (AvgIpc) is 2.74. The highest BCUT2D eigenvalue weighted by Gasteiger charge is 2.28. The number of nitrogens with zero attached hydrogens (tertiary/aromatic N) is 3. The number of hydrazone groups is 1. The van der Waals surface area contributed by atoms with Gasteiger partial charge in [-0.05, 0) is 30.2 Å². The van der Waals surface area contributed by atoms with Crippen molar-refractivity contribution in [1.29, 1.82) is 0 Å². The minimum atomic E-state index is -3.84. The van der Waals surface area contributed by atoms with E-state index in [1.54, 1.807) is 26.1 Å². The van der Waals surface area contributed by atoms with Crippen LogP contribution >= 0.6 is 0 Å². The highest BCUT2D eigenvalue weighted by atomic mass is 32.2. The molecule has 1 atom stereocenters. The van der Waals surface area contributed by atoms with Crippen molar-refractivity contribution in [2.24, 2.45) is 10.2 Å². The van der Waals surface area contributed by atoms with Crippen LogP contribution in [0, 0.1) is 0 Å². The van der Waals surface area contributed by atoms with Gasteiger partial charge in [-0.2, -0.15) is 5.10 Å². The summed E-state index contributed by atoms with van der Waals surface area (Å²) in [5.74, 6) is -0.443. The quantitative estimate of drug-likeness (QED) is 0.758. The lowest BCUT2D eigenvalue weighted by Gasteiger charge is -2.29. The smallest absolute Gasteiger partial charge is 0.270 e. The molecule has 1 aliphatic heterocycles. The first-order valence-electron chi connectivity index (χ1n) is 9.48. The van der Waals surface area contributed by atoms with Crippen LogP contribution in [-0.4, -0.2) is 42.9 Å². The second-order valence-corrected chi connectivity index (χ2v) is 8.75. The third-order valence-corrected chi connectivity index (χ3v) is 6.01. The van der Waals surface area contributed by atoms with Crippen molar-refractivity contribution in [2.45, 2.75) is 37.2 Å². The maximum atomic E-state index is 13.0. The van der Waals surface area contributed by atoms with Crippen molar-refractivity contribution >= 4 is 27.5 Å². The van der Waals surface area contributed by atoms with E-state index in [0.717, 1.165) is 5.56 Å². The number of benzene rings is 2. The Kier molecular flexibility index (Phi) is 6.33. The Hall–Kier alpha value is -3.04. The molecule has 0 spiro atoms. The van der Waals surface area contributed by atoms with Crippen molar-refractivity contribution in [3.8, 4) is 0 Å². The monoisotopic (exact) mass is 428 g/mol. The summed E-state index contributed by atoms with van der Waals surface area (Å²) in [6.07, 6.45) is 0.470. The summed E-state index contributed by atoms with van der Waals surface area (Å²) in [4.78, 5) is 26.7. The summed E-state index contributed by atoms with van der Waals surface area (Å²) in [5, 5.41) is 10.8. The van der Waals surface area contributed by atoms with Crippen molar-refractivity contribution < 1.29 is 18.0 Å². The van der Waals surface area contributed by atoms with E-state index in [1.165, 1.54) is 22.0 Å². The number of carbonyl (C=O) groups excluding carboxylic acids is 2. The number of amides is 2. The Morgan fingerprint density at radius 1 is 1.17 bits per heavy atom. The molecule has 2 aromatic rings. The van der Waals surface area contributed by atoms with Crippen LogP contribution in [0.2, 0.25) is 0 Å². The van der Waals surface area contributed by atoms with Crippen LogP contribution in [0.4, 0.5) is 0 Å². The maximum Gasteiger partial charge on any atom is 0.270 e. The molecule has 3 rings (SSSR count). The molecule has 30 heavy (non-hydrogen) atoms. The van der Waals surface area contributed by atoms with Gasteiger partial charge in [0.1, 0.15) is 5.71 Å². The van der Waals surface area contributed by atoms with Crippen LogP contribution in [-0.2, 0) is 26.2 Å². The van der Waals surface area contributed by atoms with E-state index in [0.29, 0.717) is 17.8 Å². The van der Waals surface area contributed by atoms with Crippen LogP contribution in [0.15, 0.2) is 64.6 Å². The van der Waals surface area contributed by atoms with Gasteiger partial charge in [0.2, 0.25) is 15.9 Å². The summed E-state index contributed by atoms with van der Waals surface area (Å²) < 4.78 is 23.2. The Morgan fingerprint density at radius 2 is 1.87 bits per heavy atom. The number of primary sulfonamides is 1. The molecule has 0 bridgehead atoms. The highest BCUT2D eigenvalue weighted by molar-refractivity contribution is 7.89. The Morgan fingerprint density at radius 3 is 2.53 bits per heavy atom. The summed E-state index contributed by atoms with van der Waals surface area (Å²) in [7, 11) is -2.22. The van der Waals surface area contributed by atoms with Gasteiger partial charge in [-0.25, -0.2) is 18.6 Å². The zero-order valence-corrected chi connectivity index (χ0v) is 17.7. The molecule has 1 unspecified atom stereocenters. The van der Waals surface area contributed by atoms with Gasteiger partial charge < -0.3 is 4.90 Å². The second kappa shape index (κ2) is 8.76. The van der Waals surface area contributed by atoms with Crippen LogP contribution < -0.4 is 5.14 Å². The molecular weight excluding hydrogens is 404 g/mol. The molecule has 0 radical (unpaired) electrons. The number of hydrogen-bond donors (Lipinski definition) is 1. The van der Waals surface area contributed by atoms with Gasteiger partial charge in [0.25, 0.3) is 5.91 Å². The SMILES string of the molecule is CC(c1cccc(S(N)(=O)=O)c1)N(C)C(=O)C1=NN(Cc2ccccc2)C(=O)CC1. The average molecular weight is 429 g/mol. The molecule has 1 heterocycles. The lowest BCUT2D eigenvalue weighted by molar-refractivity contribution is -0.132. The molecular formula is C21H24N4O4S. The topological polar surface area (TPSA) is 113 Å². The van der Waals surface area contributed by atoms with E-state index in [-0.39, 0.29) is 29.6 Å². The molecule has 8 nitrogen and oxygen atoms in total. The number of rotatable bonds is 6. The first kappa shape index (κ1) is 21.7. The van der Waals surface area contributed by atoms with Gasteiger partial charge in [-0.15, -0.1) is 0 Å². The van der Waals surface area contributed by atoms with E-state index >= 15 is 0 Å². The minimum absolute atomic E-state index is 0.0117. The first-order chi connectivity index (χ1) is 14.2. The zero-order chi connectivity index (χ0) is 21.9. The van der Waals surface area contributed by atoms with Crippen molar-refractivity contribution in [3.63, 3.8) is 0 Å². The third-order valence-electron chi connectivity index (χ3n) is 5.10. The van der Waals surface area contributed by atoms with Gasteiger partial charge in [0, 0.05) is 19.9 Å². The van der Waals surface area contributed by atoms with Gasteiger partial charge in [0.05, 0.1) is 17.5 Å². The van der Waals surface area contributed by atoms with Gasteiger partial charge in [-0.3, -0.25) is 9.59 Å². The summed E-state index contributed by atoms with van der Waals surface area (Å²) in [5.41, 5.74) is 1.85. The molecule has 2 aromatic carbocycles. The maximum absolute atomic E-state index is 13.0. The van der Waals surface area contributed by atoms with Gasteiger partial charge >= 0.3 is 0 Å². The fourth-order valence-corrected chi connectivity index (χ4v) is 3.76. The van der Waals surface area contributed by atoms with E-state index in [1.807, 2.05) is 30.3 Å². The highest BCUT2D eigenvalue weighted by Crippen LogP contribution is 2.23. The molecule has 158 valence electrons. The lowest BCUT2D eigenvalue weighted by atomic mass is 10.1. The molecule has 2 amide bonds. The summed E-state index contributed by atoms with van der Waals surface area (Å²) in [6.45, 7) is 2.09. The molecule has 0 aliphatic carbocycles. The largest absolute Gasteiger partial charge is 0.334 e. The number of nitrogens with two attached hydrogens (primary N) is 1. The fourth-order valence-electron chi connectivity index (χ4n) is 3.19. The van der Waals surface area contributed by atoms with Crippen LogP contribution in [0.25, 0.3) is 0 Å². The fraction of sp³-hybridized carbons (Fsp3) is 0.286. The lowest BCUT2D eigenvalue weighted by Crippen LogP contribution is -2.40. The minimum Gasteiger partial charge on any atom is -0.334 e. The molecule has 0 saturated carbocycles. The van der Waals surface area contributed by atoms with E-state index < -0.39 is 16.1 Å². The van der Waals surface area contributed by atoms with E-state index in [9.17, 15) is 18.0 Å². The van der Waals surface area contributed by atoms with Crippen molar-refractivity contribution in [3.05, 3.63) is 65.7 Å². The number of carbonyl (C=O) groups is 2. The Balaban J connectivity index is 1.79. The molecule has 0 aromatic heterocycles. The molecule has 9 heteroatoms. The van der Waals surface area contributed by atoms with E-state index in [2.05, 4.69) is 5.10 Å². The number of hydrogen-bond acceptors (Lipinski definition) is 5. The third kappa shape index (κ3) is 4.92. The number of sulfonamides is 1. The van der Waals surface area contributed by atoms with Crippen LogP contribution in [0.3, 0.4) is 0 Å². The molecule has 0 fully saturated rings. The molecule has 1 aliphatic rings. The first-order valence-corrected chi connectivity index (χ1v) is 11.0. The predicted octanol–water partition coefficient (Wildman–Crippen LogP) is 2.03. The zero-order valence-electron chi connectivity index (χ0n) is 16.9. The van der Waals surface area contributed by atoms with Crippen LogP contribution in [0.1, 0.15) is 36.9 Å². The summed E-state index contributed by atoms with van der Waals surface area (Å²) in [6, 6.07) is 15.2. The van der Waals surface area contributed by atoms with Crippen LogP contribution in [0.5, 0.6) is 0 Å². The Labute approximate surface area is 176 Å². The standard InChI is InChI=1S/C21H24N4O4S/c1-15(17-9-6-10-18(13-17)30(22,28)29)24(2)21(27)19-11-12-20(26)25(23-19)14-16-7-4-3-5-8-16/h3-10,13,15H,11-12,14H2,1-2H3,(H2,22,28,29). The second-order valence-electron chi connectivity index (χ2n) is 7.19. The van der Waals surface area contributed by atoms with E-state index in [4.69, 9.17) is 5.14 Å². The van der Waals surface area contributed by atoms with Gasteiger partial charge in [-0.1, -0.05) is 42.5 Å². The molecule has 0 saturated heterocycles. The predicted molar refractivity (Wildman–Crippen MR) is 113 cm³/mol. The van der Waals surface area contributed by atoms with Crippen molar-refractivity contribution in [1.82, 2.24) is 9.91 Å².